The molecule has 0 spiro atoms. The molecule has 3 aromatic rings. The number of rotatable bonds is 3. The Morgan fingerprint density at radius 2 is 1.57 bits per heavy atom. The van der Waals surface area contributed by atoms with Crippen LogP contribution in [0.4, 0.5) is 13.2 Å². The summed E-state index contributed by atoms with van der Waals surface area (Å²) < 4.78 is 40.8. The number of nitrogens with zero attached hydrogens (tertiary/aromatic N) is 1. The predicted molar refractivity (Wildman–Crippen MR) is 86.1 cm³/mol. The van der Waals surface area contributed by atoms with Gasteiger partial charge in [0.05, 0.1) is 0 Å². The molecular formula is C18H12F3NSe. The Balaban J connectivity index is 2.08. The van der Waals surface area contributed by atoms with Crippen LogP contribution in [-0.4, -0.2) is 19.9 Å². The van der Waals surface area contributed by atoms with Gasteiger partial charge in [0.2, 0.25) is 0 Å². The number of aromatic nitrogens is 1. The van der Waals surface area contributed by atoms with E-state index < -0.39 is 11.7 Å². The zero-order valence-corrected chi connectivity index (χ0v) is 13.6. The average Bonchev–Trinajstić information content (AvgIpc) is 2.56. The van der Waals surface area contributed by atoms with E-state index in [0.717, 1.165) is 16.1 Å². The molecule has 0 atom stereocenters. The standard InChI is InChI=1S/C18H12F3NSe/c19-18(20,21)13-9-10-15(16-8-4-5-11-22-16)17(12-13)23-14-6-2-1-3-7-14/h1-12H. The summed E-state index contributed by atoms with van der Waals surface area (Å²) in [6.45, 7) is 0. The van der Waals surface area contributed by atoms with Crippen molar-refractivity contribution < 1.29 is 13.2 Å². The van der Waals surface area contributed by atoms with Crippen LogP contribution in [0.3, 0.4) is 0 Å². The fraction of sp³-hybridized carbons (Fsp3) is 0.0556. The van der Waals surface area contributed by atoms with E-state index in [4.69, 9.17) is 0 Å². The summed E-state index contributed by atoms with van der Waals surface area (Å²) in [6, 6.07) is 18.9. The maximum atomic E-state index is 13.0. The van der Waals surface area contributed by atoms with Crippen LogP contribution in [0.1, 0.15) is 5.56 Å². The van der Waals surface area contributed by atoms with E-state index in [1.807, 2.05) is 42.5 Å². The van der Waals surface area contributed by atoms with Gasteiger partial charge in [-0.2, -0.15) is 0 Å². The molecule has 0 bridgehead atoms. The van der Waals surface area contributed by atoms with Crippen LogP contribution in [0.5, 0.6) is 0 Å². The molecule has 0 aliphatic heterocycles. The topological polar surface area (TPSA) is 12.9 Å². The summed E-state index contributed by atoms with van der Waals surface area (Å²) in [5.74, 6) is 0. The van der Waals surface area contributed by atoms with Crippen LogP contribution in [0.2, 0.25) is 0 Å². The summed E-state index contributed by atoms with van der Waals surface area (Å²) >= 11 is -0.227. The van der Waals surface area contributed by atoms with Gasteiger partial charge in [0.25, 0.3) is 0 Å². The van der Waals surface area contributed by atoms with E-state index >= 15 is 0 Å². The Hall–Kier alpha value is -2.10. The molecule has 3 rings (SSSR count). The number of hydrogen-bond acceptors (Lipinski definition) is 1. The van der Waals surface area contributed by atoms with Gasteiger partial charge in [-0.1, -0.05) is 0 Å². The van der Waals surface area contributed by atoms with Crippen molar-refractivity contribution in [2.24, 2.45) is 0 Å². The number of benzene rings is 2. The van der Waals surface area contributed by atoms with E-state index in [9.17, 15) is 13.2 Å². The Morgan fingerprint density at radius 1 is 0.826 bits per heavy atom. The zero-order chi connectivity index (χ0) is 16.3. The van der Waals surface area contributed by atoms with Gasteiger partial charge in [0, 0.05) is 0 Å². The van der Waals surface area contributed by atoms with Crippen LogP contribution in [0.25, 0.3) is 11.3 Å². The van der Waals surface area contributed by atoms with Crippen molar-refractivity contribution in [3.05, 3.63) is 78.5 Å². The molecule has 0 fully saturated rings. The first-order chi connectivity index (χ1) is 11.0. The number of alkyl halides is 3. The number of hydrogen-bond donors (Lipinski definition) is 0. The van der Waals surface area contributed by atoms with Crippen LogP contribution in [0, 0.1) is 0 Å². The van der Waals surface area contributed by atoms with Crippen molar-refractivity contribution in [2.45, 2.75) is 6.18 Å². The Bertz CT molecular complexity index is 786. The van der Waals surface area contributed by atoms with Crippen LogP contribution in [0.15, 0.2) is 72.9 Å². The molecular weight excluding hydrogens is 366 g/mol. The summed E-state index contributed by atoms with van der Waals surface area (Å²) in [5, 5.41) is 0. The molecule has 0 saturated carbocycles. The Morgan fingerprint density at radius 3 is 2.22 bits per heavy atom. The molecule has 0 aliphatic rings. The van der Waals surface area contributed by atoms with Gasteiger partial charge in [0.1, 0.15) is 0 Å². The molecule has 116 valence electrons. The number of halogens is 3. The monoisotopic (exact) mass is 379 g/mol. The second-order valence-electron chi connectivity index (χ2n) is 4.84. The van der Waals surface area contributed by atoms with E-state index in [-0.39, 0.29) is 15.0 Å². The zero-order valence-electron chi connectivity index (χ0n) is 11.9. The molecule has 23 heavy (non-hydrogen) atoms. The van der Waals surface area contributed by atoms with Crippen molar-refractivity contribution in [3.8, 4) is 11.3 Å². The van der Waals surface area contributed by atoms with E-state index in [2.05, 4.69) is 4.98 Å². The summed E-state index contributed by atoms with van der Waals surface area (Å²) in [6.07, 6.45) is -2.70. The Kier molecular flexibility index (Phi) is 4.51. The molecule has 0 aliphatic carbocycles. The van der Waals surface area contributed by atoms with Gasteiger partial charge >= 0.3 is 138 Å². The van der Waals surface area contributed by atoms with E-state index in [1.54, 1.807) is 12.3 Å². The van der Waals surface area contributed by atoms with Gasteiger partial charge in [-0.25, -0.2) is 0 Å². The van der Waals surface area contributed by atoms with Crippen molar-refractivity contribution in [3.63, 3.8) is 0 Å². The predicted octanol–water partition coefficient (Wildman–Crippen LogP) is 3.42. The van der Waals surface area contributed by atoms with Crippen molar-refractivity contribution in [1.29, 1.82) is 0 Å². The molecule has 0 unspecified atom stereocenters. The molecule has 5 heteroatoms. The molecule has 1 nitrogen and oxygen atoms in total. The van der Waals surface area contributed by atoms with Crippen LogP contribution >= 0.6 is 0 Å². The summed E-state index contributed by atoms with van der Waals surface area (Å²) in [5.41, 5.74) is 0.821. The fourth-order valence-corrected chi connectivity index (χ4v) is 4.26. The third-order valence-corrected chi connectivity index (χ3v) is 5.46. The second kappa shape index (κ2) is 6.57. The van der Waals surface area contributed by atoms with Crippen LogP contribution in [-0.2, 0) is 6.18 Å². The molecule has 0 N–H and O–H groups in total. The second-order valence-corrected chi connectivity index (χ2v) is 7.18. The molecule has 1 aromatic heterocycles. The molecule has 0 amide bonds. The van der Waals surface area contributed by atoms with Crippen LogP contribution < -0.4 is 8.92 Å². The van der Waals surface area contributed by atoms with Gasteiger partial charge in [-0.15, -0.1) is 0 Å². The fourth-order valence-electron chi connectivity index (χ4n) is 2.13. The minimum atomic E-state index is -4.34. The van der Waals surface area contributed by atoms with Crippen molar-refractivity contribution >= 4 is 23.9 Å². The van der Waals surface area contributed by atoms with Gasteiger partial charge in [-0.3, -0.25) is 0 Å². The summed E-state index contributed by atoms with van der Waals surface area (Å²) in [7, 11) is 0. The first kappa shape index (κ1) is 15.8. The van der Waals surface area contributed by atoms with Gasteiger partial charge < -0.3 is 0 Å². The first-order valence-corrected chi connectivity index (χ1v) is 8.61. The van der Waals surface area contributed by atoms with Gasteiger partial charge in [0.15, 0.2) is 0 Å². The quantitative estimate of drug-likeness (QED) is 0.637. The molecule has 1 heterocycles. The van der Waals surface area contributed by atoms with E-state index in [1.165, 1.54) is 12.1 Å². The normalized spacial score (nSPS) is 11.4. The van der Waals surface area contributed by atoms with Gasteiger partial charge in [-0.05, 0) is 0 Å². The van der Waals surface area contributed by atoms with E-state index in [0.29, 0.717) is 10.2 Å². The third-order valence-electron chi connectivity index (χ3n) is 3.22. The summed E-state index contributed by atoms with van der Waals surface area (Å²) in [4.78, 5) is 4.27. The number of pyridine rings is 1. The third kappa shape index (κ3) is 3.81. The molecule has 0 saturated heterocycles. The minimum absolute atomic E-state index is 0.227. The maximum absolute atomic E-state index is 13.0. The Labute approximate surface area is 138 Å². The average molecular weight is 378 g/mol. The first-order valence-electron chi connectivity index (χ1n) is 6.89. The SMILES string of the molecule is FC(F)(F)c1ccc(-c2ccccn2)c([Se]c2ccccc2)c1. The van der Waals surface area contributed by atoms with Crippen molar-refractivity contribution in [2.75, 3.05) is 0 Å². The molecule has 0 radical (unpaired) electrons. The molecule has 2 aromatic carbocycles. The van der Waals surface area contributed by atoms with Crippen molar-refractivity contribution in [1.82, 2.24) is 4.98 Å².